The summed E-state index contributed by atoms with van der Waals surface area (Å²) in [6.45, 7) is 1.76. The van der Waals surface area contributed by atoms with E-state index in [4.69, 9.17) is 9.88 Å². The van der Waals surface area contributed by atoms with Crippen LogP contribution in [0.4, 0.5) is 0 Å². The molecule has 102 valence electrons. The molecule has 7 heteroatoms. The molecule has 0 amide bonds. The lowest BCUT2D eigenvalue weighted by Crippen LogP contribution is -2.15. The maximum absolute atomic E-state index is 11.4. The Balaban J connectivity index is 2.35. The lowest BCUT2D eigenvalue weighted by atomic mass is 10.1. The van der Waals surface area contributed by atoms with Gasteiger partial charge in [0.25, 0.3) is 10.0 Å². The van der Waals surface area contributed by atoms with Crippen LogP contribution in [-0.2, 0) is 16.4 Å². The molecule has 0 saturated carbocycles. The number of hydrogen-bond acceptors (Lipinski definition) is 4. The van der Waals surface area contributed by atoms with Crippen molar-refractivity contribution in [1.82, 2.24) is 10.2 Å². The van der Waals surface area contributed by atoms with Gasteiger partial charge in [0.2, 0.25) is 0 Å². The second kappa shape index (κ2) is 5.02. The van der Waals surface area contributed by atoms with Crippen LogP contribution in [0.2, 0.25) is 0 Å². The second-order valence-corrected chi connectivity index (χ2v) is 5.68. The number of H-pyrrole nitrogens is 1. The zero-order chi connectivity index (χ0) is 14.0. The number of sulfonamides is 1. The maximum Gasteiger partial charge on any atom is 0.257 e. The molecule has 0 bridgehead atoms. The first-order valence-electron chi connectivity index (χ1n) is 5.61. The fourth-order valence-corrected chi connectivity index (χ4v) is 2.56. The van der Waals surface area contributed by atoms with E-state index in [1.807, 2.05) is 24.3 Å². The summed E-state index contributed by atoms with van der Waals surface area (Å²) in [4.78, 5) is 0. The second-order valence-electron chi connectivity index (χ2n) is 4.20. The number of ether oxygens (including phenoxy) is 1. The van der Waals surface area contributed by atoms with Crippen molar-refractivity contribution in [2.45, 2.75) is 18.4 Å². The van der Waals surface area contributed by atoms with Crippen molar-refractivity contribution < 1.29 is 13.2 Å². The van der Waals surface area contributed by atoms with Gasteiger partial charge in [-0.2, -0.15) is 5.10 Å². The van der Waals surface area contributed by atoms with E-state index in [-0.39, 0.29) is 5.03 Å². The minimum atomic E-state index is -3.81. The van der Waals surface area contributed by atoms with E-state index in [0.29, 0.717) is 17.7 Å². The van der Waals surface area contributed by atoms with Crippen LogP contribution < -0.4 is 9.88 Å². The quantitative estimate of drug-likeness (QED) is 0.872. The number of rotatable bonds is 4. The number of aryl methyl sites for hydroxylation is 1. The van der Waals surface area contributed by atoms with Gasteiger partial charge in [-0.05, 0) is 24.6 Å². The van der Waals surface area contributed by atoms with Gasteiger partial charge in [-0.15, -0.1) is 0 Å². The third kappa shape index (κ3) is 2.94. The molecular weight excluding hydrogens is 266 g/mol. The summed E-state index contributed by atoms with van der Waals surface area (Å²) in [5.74, 6) is 0.749. The van der Waals surface area contributed by atoms with Gasteiger partial charge >= 0.3 is 0 Å². The van der Waals surface area contributed by atoms with E-state index in [1.165, 1.54) is 0 Å². The number of methoxy groups -OCH3 is 1. The third-order valence-corrected chi connectivity index (χ3v) is 3.72. The number of nitrogens with two attached hydrogens (primary N) is 1. The van der Waals surface area contributed by atoms with Crippen molar-refractivity contribution in [2.24, 2.45) is 5.14 Å². The van der Waals surface area contributed by atoms with Gasteiger partial charge in [0.05, 0.1) is 7.11 Å². The van der Waals surface area contributed by atoms with E-state index in [9.17, 15) is 8.42 Å². The number of nitrogens with one attached hydrogen (secondary N) is 1. The molecule has 0 fully saturated rings. The van der Waals surface area contributed by atoms with Gasteiger partial charge in [0, 0.05) is 17.7 Å². The molecule has 0 radical (unpaired) electrons. The molecule has 3 N–H and O–H groups in total. The summed E-state index contributed by atoms with van der Waals surface area (Å²) >= 11 is 0. The van der Waals surface area contributed by atoms with Gasteiger partial charge in [0.15, 0.2) is 5.03 Å². The molecule has 0 saturated heterocycles. The van der Waals surface area contributed by atoms with Crippen LogP contribution in [0.1, 0.15) is 16.8 Å². The molecular formula is C12H15N3O3S. The summed E-state index contributed by atoms with van der Waals surface area (Å²) in [6.07, 6.45) is 0.443. The standard InChI is InChI=1S/C12H15N3O3S/c1-8-11(12(15-14-8)19(13,16)17)7-9-3-5-10(18-2)6-4-9/h3-6H,7H2,1-2H3,(H,14,15)(H2,13,16,17). The number of benzene rings is 1. The fourth-order valence-electron chi connectivity index (χ4n) is 1.82. The third-order valence-electron chi connectivity index (χ3n) is 2.85. The van der Waals surface area contributed by atoms with E-state index < -0.39 is 10.0 Å². The minimum Gasteiger partial charge on any atom is -0.497 e. The Morgan fingerprint density at radius 1 is 1.32 bits per heavy atom. The van der Waals surface area contributed by atoms with Crippen LogP contribution in [0, 0.1) is 6.92 Å². The Kier molecular flexibility index (Phi) is 3.59. The van der Waals surface area contributed by atoms with Crippen LogP contribution in [0.5, 0.6) is 5.75 Å². The Morgan fingerprint density at radius 3 is 2.47 bits per heavy atom. The normalized spacial score (nSPS) is 11.5. The predicted molar refractivity (Wildman–Crippen MR) is 70.5 cm³/mol. The largest absolute Gasteiger partial charge is 0.497 e. The maximum atomic E-state index is 11.4. The SMILES string of the molecule is COc1ccc(Cc2c(S(N)(=O)=O)n[nH]c2C)cc1. The first kappa shape index (κ1) is 13.6. The molecule has 1 heterocycles. The molecule has 0 aliphatic heterocycles. The molecule has 0 aliphatic carbocycles. The molecule has 2 aromatic rings. The zero-order valence-corrected chi connectivity index (χ0v) is 11.5. The number of aromatic amines is 1. The molecule has 6 nitrogen and oxygen atoms in total. The molecule has 2 rings (SSSR count). The van der Waals surface area contributed by atoms with Crippen LogP contribution in [0.3, 0.4) is 0 Å². The highest BCUT2D eigenvalue weighted by atomic mass is 32.2. The average Bonchev–Trinajstić information content (AvgIpc) is 2.72. The fraction of sp³-hybridized carbons (Fsp3) is 0.250. The molecule has 0 atom stereocenters. The minimum absolute atomic E-state index is 0.0965. The lowest BCUT2D eigenvalue weighted by Gasteiger charge is -2.04. The summed E-state index contributed by atoms with van der Waals surface area (Å²) in [6, 6.07) is 7.39. The monoisotopic (exact) mass is 281 g/mol. The van der Waals surface area contributed by atoms with Gasteiger partial charge in [-0.3, -0.25) is 5.10 Å². The van der Waals surface area contributed by atoms with E-state index in [2.05, 4.69) is 10.2 Å². The number of primary sulfonamides is 1. The smallest absolute Gasteiger partial charge is 0.257 e. The first-order valence-corrected chi connectivity index (χ1v) is 7.16. The Labute approximate surface area is 111 Å². The van der Waals surface area contributed by atoms with Crippen molar-refractivity contribution >= 4 is 10.0 Å². The lowest BCUT2D eigenvalue weighted by molar-refractivity contribution is 0.414. The Bertz CT molecular complexity index is 675. The number of aromatic nitrogens is 2. The van der Waals surface area contributed by atoms with Gasteiger partial charge in [-0.25, -0.2) is 13.6 Å². The van der Waals surface area contributed by atoms with E-state index in [1.54, 1.807) is 14.0 Å². The van der Waals surface area contributed by atoms with Crippen molar-refractivity contribution in [3.63, 3.8) is 0 Å². The van der Waals surface area contributed by atoms with Crippen LogP contribution in [0.25, 0.3) is 0 Å². The van der Waals surface area contributed by atoms with Gasteiger partial charge < -0.3 is 4.74 Å². The van der Waals surface area contributed by atoms with Crippen LogP contribution in [0.15, 0.2) is 29.3 Å². The van der Waals surface area contributed by atoms with E-state index >= 15 is 0 Å². The molecule has 0 aliphatic rings. The van der Waals surface area contributed by atoms with Crippen molar-refractivity contribution in [2.75, 3.05) is 7.11 Å². The first-order chi connectivity index (χ1) is 8.91. The van der Waals surface area contributed by atoms with Crippen LogP contribution in [-0.4, -0.2) is 25.7 Å². The highest BCUT2D eigenvalue weighted by Gasteiger charge is 2.20. The van der Waals surface area contributed by atoms with E-state index in [0.717, 1.165) is 11.3 Å². The topological polar surface area (TPSA) is 98.1 Å². The highest BCUT2D eigenvalue weighted by molar-refractivity contribution is 7.89. The molecule has 0 spiro atoms. The molecule has 19 heavy (non-hydrogen) atoms. The predicted octanol–water partition coefficient (Wildman–Crippen LogP) is 0.965. The van der Waals surface area contributed by atoms with Crippen molar-refractivity contribution in [1.29, 1.82) is 0 Å². The molecule has 1 aromatic carbocycles. The summed E-state index contributed by atoms with van der Waals surface area (Å²) in [7, 11) is -2.22. The van der Waals surface area contributed by atoms with Crippen molar-refractivity contribution in [3.8, 4) is 5.75 Å². The molecule has 0 unspecified atom stereocenters. The summed E-state index contributed by atoms with van der Waals surface area (Å²) in [5.41, 5.74) is 2.24. The van der Waals surface area contributed by atoms with Gasteiger partial charge in [-0.1, -0.05) is 12.1 Å². The average molecular weight is 281 g/mol. The highest BCUT2D eigenvalue weighted by Crippen LogP contribution is 2.20. The van der Waals surface area contributed by atoms with Gasteiger partial charge in [0.1, 0.15) is 5.75 Å². The number of hydrogen-bond donors (Lipinski definition) is 2. The molecule has 1 aromatic heterocycles. The zero-order valence-electron chi connectivity index (χ0n) is 10.7. The summed E-state index contributed by atoms with van der Waals surface area (Å²) in [5, 5.41) is 11.5. The summed E-state index contributed by atoms with van der Waals surface area (Å²) < 4.78 is 27.9. The Hall–Kier alpha value is -1.86. The Morgan fingerprint density at radius 2 is 1.95 bits per heavy atom. The number of nitrogens with zero attached hydrogens (tertiary/aromatic N) is 1. The van der Waals surface area contributed by atoms with Crippen molar-refractivity contribution in [3.05, 3.63) is 41.1 Å². The van der Waals surface area contributed by atoms with Crippen LogP contribution >= 0.6 is 0 Å².